The Hall–Kier alpha value is -1.10. The Kier molecular flexibility index (Phi) is 6.72. The number of carboxylic acid groups (broad SMARTS) is 1. The lowest BCUT2D eigenvalue weighted by Gasteiger charge is -2.17. The number of methoxy groups -OCH3 is 1. The van der Waals surface area contributed by atoms with Gasteiger partial charge in [0.05, 0.1) is 12.5 Å². The fourth-order valence-electron chi connectivity index (χ4n) is 2.33. The number of hydrogen-bond donors (Lipinski definition) is 2. The van der Waals surface area contributed by atoms with Crippen LogP contribution in [-0.4, -0.2) is 36.7 Å². The molecule has 1 rings (SSSR count). The second-order valence-electron chi connectivity index (χ2n) is 4.89. The molecule has 1 aliphatic carbocycles. The number of hydrogen-bond acceptors (Lipinski definition) is 3. The van der Waals surface area contributed by atoms with Crippen molar-refractivity contribution in [3.63, 3.8) is 0 Å². The van der Waals surface area contributed by atoms with E-state index in [-0.39, 0.29) is 24.8 Å². The molecule has 18 heavy (non-hydrogen) atoms. The summed E-state index contributed by atoms with van der Waals surface area (Å²) in [6, 6.07) is 0. The summed E-state index contributed by atoms with van der Waals surface area (Å²) in [6.45, 7) is 0.276. The van der Waals surface area contributed by atoms with Crippen LogP contribution < -0.4 is 5.32 Å². The zero-order valence-corrected chi connectivity index (χ0v) is 11.0. The van der Waals surface area contributed by atoms with E-state index in [9.17, 15) is 9.59 Å². The van der Waals surface area contributed by atoms with Crippen LogP contribution >= 0.6 is 0 Å². The number of nitrogens with one attached hydrogen (secondary N) is 1. The topological polar surface area (TPSA) is 75.6 Å². The van der Waals surface area contributed by atoms with Gasteiger partial charge in [-0.3, -0.25) is 9.59 Å². The molecule has 0 aliphatic heterocycles. The summed E-state index contributed by atoms with van der Waals surface area (Å²) >= 11 is 0. The van der Waals surface area contributed by atoms with Gasteiger partial charge in [0.2, 0.25) is 5.91 Å². The Morgan fingerprint density at radius 2 is 1.89 bits per heavy atom. The van der Waals surface area contributed by atoms with Crippen molar-refractivity contribution in [2.45, 2.75) is 51.0 Å². The first-order valence-electron chi connectivity index (χ1n) is 6.65. The van der Waals surface area contributed by atoms with Crippen LogP contribution in [0.5, 0.6) is 0 Å². The van der Waals surface area contributed by atoms with Gasteiger partial charge in [0.25, 0.3) is 0 Å². The summed E-state index contributed by atoms with van der Waals surface area (Å²) in [6.07, 6.45) is 6.01. The first-order chi connectivity index (χ1) is 8.63. The van der Waals surface area contributed by atoms with Gasteiger partial charge in [-0.15, -0.1) is 0 Å². The molecule has 1 unspecified atom stereocenters. The van der Waals surface area contributed by atoms with Crippen molar-refractivity contribution in [2.75, 3.05) is 13.7 Å². The van der Waals surface area contributed by atoms with Crippen molar-refractivity contribution >= 4 is 11.9 Å². The van der Waals surface area contributed by atoms with E-state index < -0.39 is 12.1 Å². The third-order valence-corrected chi connectivity index (χ3v) is 3.47. The highest BCUT2D eigenvalue weighted by Gasteiger charge is 2.21. The van der Waals surface area contributed by atoms with Crippen LogP contribution in [0.2, 0.25) is 0 Å². The van der Waals surface area contributed by atoms with Crippen molar-refractivity contribution in [1.29, 1.82) is 0 Å². The maximum atomic E-state index is 11.9. The predicted octanol–water partition coefficient (Wildman–Crippen LogP) is 1.56. The molecule has 5 heteroatoms. The number of amides is 1. The van der Waals surface area contributed by atoms with Crippen LogP contribution in [0, 0.1) is 5.92 Å². The van der Waals surface area contributed by atoms with E-state index in [1.807, 2.05) is 0 Å². The summed E-state index contributed by atoms with van der Waals surface area (Å²) in [5.41, 5.74) is 0. The molecule has 0 aromatic heterocycles. The number of carbonyl (C=O) groups is 2. The van der Waals surface area contributed by atoms with Gasteiger partial charge in [0.1, 0.15) is 0 Å². The molecule has 0 heterocycles. The Balaban J connectivity index is 2.31. The number of aliphatic carboxylic acids is 1. The monoisotopic (exact) mass is 257 g/mol. The molecule has 1 aliphatic rings. The molecule has 0 bridgehead atoms. The summed E-state index contributed by atoms with van der Waals surface area (Å²) in [5.74, 6) is -0.773. The van der Waals surface area contributed by atoms with E-state index in [4.69, 9.17) is 9.84 Å². The van der Waals surface area contributed by atoms with Gasteiger partial charge in [-0.1, -0.05) is 25.7 Å². The van der Waals surface area contributed by atoms with Crippen molar-refractivity contribution in [2.24, 2.45) is 5.92 Å². The van der Waals surface area contributed by atoms with Crippen LogP contribution in [0.15, 0.2) is 0 Å². The standard InChI is InChI=1S/C13H23NO4/c1-18-11(8-12(15)16)9-14-13(17)10-6-4-2-3-5-7-10/h10-11H,2-9H2,1H3,(H,14,17)(H,15,16). The number of ether oxygens (including phenoxy) is 1. The maximum Gasteiger partial charge on any atom is 0.306 e. The molecular formula is C13H23NO4. The smallest absolute Gasteiger partial charge is 0.306 e. The molecule has 1 saturated carbocycles. The molecule has 0 spiro atoms. The quantitative estimate of drug-likeness (QED) is 0.708. The maximum absolute atomic E-state index is 11.9. The fraction of sp³-hybridized carbons (Fsp3) is 0.846. The third-order valence-electron chi connectivity index (χ3n) is 3.47. The molecule has 2 N–H and O–H groups in total. The van der Waals surface area contributed by atoms with Crippen molar-refractivity contribution in [3.05, 3.63) is 0 Å². The molecule has 0 aromatic rings. The molecule has 1 amide bonds. The fourth-order valence-corrected chi connectivity index (χ4v) is 2.33. The molecule has 0 radical (unpaired) electrons. The van der Waals surface area contributed by atoms with Crippen LogP contribution in [-0.2, 0) is 14.3 Å². The summed E-state index contributed by atoms with van der Waals surface area (Å²) in [5, 5.41) is 11.5. The lowest BCUT2D eigenvalue weighted by Crippen LogP contribution is -2.37. The molecule has 0 saturated heterocycles. The predicted molar refractivity (Wildman–Crippen MR) is 67.3 cm³/mol. The number of rotatable bonds is 6. The van der Waals surface area contributed by atoms with Gasteiger partial charge in [-0.05, 0) is 12.8 Å². The Morgan fingerprint density at radius 3 is 2.39 bits per heavy atom. The van der Waals surface area contributed by atoms with E-state index >= 15 is 0 Å². The Labute approximate surface area is 108 Å². The normalized spacial score (nSPS) is 18.9. The molecule has 1 atom stereocenters. The highest BCUT2D eigenvalue weighted by Crippen LogP contribution is 2.22. The minimum absolute atomic E-state index is 0.0457. The highest BCUT2D eigenvalue weighted by molar-refractivity contribution is 5.78. The SMILES string of the molecule is COC(CNC(=O)C1CCCCCC1)CC(=O)O. The van der Waals surface area contributed by atoms with Gasteiger partial charge >= 0.3 is 5.97 Å². The van der Waals surface area contributed by atoms with Crippen molar-refractivity contribution in [3.8, 4) is 0 Å². The molecular weight excluding hydrogens is 234 g/mol. The minimum Gasteiger partial charge on any atom is -0.481 e. The Bertz CT molecular complexity index is 272. The van der Waals surface area contributed by atoms with Gasteiger partial charge in [0.15, 0.2) is 0 Å². The van der Waals surface area contributed by atoms with Gasteiger partial charge in [-0.25, -0.2) is 0 Å². The van der Waals surface area contributed by atoms with Crippen LogP contribution in [0.4, 0.5) is 0 Å². The zero-order chi connectivity index (χ0) is 13.4. The van der Waals surface area contributed by atoms with E-state index in [1.54, 1.807) is 0 Å². The summed E-state index contributed by atoms with van der Waals surface area (Å²) in [7, 11) is 1.46. The molecule has 104 valence electrons. The van der Waals surface area contributed by atoms with Crippen LogP contribution in [0.3, 0.4) is 0 Å². The van der Waals surface area contributed by atoms with Crippen molar-refractivity contribution in [1.82, 2.24) is 5.32 Å². The first kappa shape index (κ1) is 15.0. The number of carboxylic acids is 1. The van der Waals surface area contributed by atoms with Crippen LogP contribution in [0.1, 0.15) is 44.9 Å². The summed E-state index contributed by atoms with van der Waals surface area (Å²) in [4.78, 5) is 22.5. The molecule has 1 fully saturated rings. The van der Waals surface area contributed by atoms with Gasteiger partial charge < -0.3 is 15.2 Å². The number of carbonyl (C=O) groups excluding carboxylic acids is 1. The lowest BCUT2D eigenvalue weighted by molar-refractivity contribution is -0.140. The van der Waals surface area contributed by atoms with E-state index in [2.05, 4.69) is 5.32 Å². The third kappa shape index (κ3) is 5.49. The van der Waals surface area contributed by atoms with E-state index in [0.29, 0.717) is 0 Å². The average molecular weight is 257 g/mol. The first-order valence-corrected chi connectivity index (χ1v) is 6.65. The highest BCUT2D eigenvalue weighted by atomic mass is 16.5. The Morgan fingerprint density at radius 1 is 1.28 bits per heavy atom. The molecule has 5 nitrogen and oxygen atoms in total. The van der Waals surface area contributed by atoms with E-state index in [1.165, 1.54) is 20.0 Å². The minimum atomic E-state index is -0.912. The second kappa shape index (κ2) is 8.08. The largest absolute Gasteiger partial charge is 0.481 e. The second-order valence-corrected chi connectivity index (χ2v) is 4.89. The molecule has 0 aromatic carbocycles. The zero-order valence-electron chi connectivity index (χ0n) is 11.0. The average Bonchev–Trinajstić information content (AvgIpc) is 2.62. The van der Waals surface area contributed by atoms with Crippen LogP contribution in [0.25, 0.3) is 0 Å². The summed E-state index contributed by atoms with van der Waals surface area (Å²) < 4.78 is 5.03. The van der Waals surface area contributed by atoms with Gasteiger partial charge in [-0.2, -0.15) is 0 Å². The lowest BCUT2D eigenvalue weighted by atomic mass is 9.99. The van der Waals surface area contributed by atoms with Gasteiger partial charge in [0, 0.05) is 19.6 Å². The van der Waals surface area contributed by atoms with Crippen molar-refractivity contribution < 1.29 is 19.4 Å². The van der Waals surface area contributed by atoms with E-state index in [0.717, 1.165) is 25.7 Å².